The van der Waals surface area contributed by atoms with Crippen LogP contribution in [0.4, 0.5) is 0 Å². The Bertz CT molecular complexity index is 178. The van der Waals surface area contributed by atoms with E-state index in [4.69, 9.17) is 5.73 Å². The highest BCUT2D eigenvalue weighted by molar-refractivity contribution is 5.78. The van der Waals surface area contributed by atoms with Crippen LogP contribution in [0.15, 0.2) is 0 Å². The van der Waals surface area contributed by atoms with Crippen LogP contribution in [-0.4, -0.2) is 19.0 Å². The summed E-state index contributed by atoms with van der Waals surface area (Å²) in [6.07, 6.45) is 5.79. The molecule has 0 radical (unpaired) electrons. The van der Waals surface area contributed by atoms with Crippen LogP contribution in [-0.2, 0) is 4.79 Å². The molecule has 82 valence electrons. The standard InChI is InChI=1S/C11H22N2O/c1-2-3-10(8-12)11(14)13-7-6-9-4-5-9/h9-10H,2-8,12H2,1H3,(H,13,14). The molecule has 0 aromatic rings. The molecule has 3 heteroatoms. The zero-order chi connectivity index (χ0) is 10.4. The number of hydrogen-bond acceptors (Lipinski definition) is 2. The van der Waals surface area contributed by atoms with Gasteiger partial charge >= 0.3 is 0 Å². The molecule has 1 aliphatic rings. The van der Waals surface area contributed by atoms with E-state index in [1.54, 1.807) is 0 Å². The quantitative estimate of drug-likeness (QED) is 0.647. The first-order chi connectivity index (χ1) is 6.77. The first kappa shape index (κ1) is 11.5. The molecule has 3 N–H and O–H groups in total. The van der Waals surface area contributed by atoms with Gasteiger partial charge in [0.05, 0.1) is 5.92 Å². The van der Waals surface area contributed by atoms with Crippen molar-refractivity contribution in [3.05, 3.63) is 0 Å². The molecule has 14 heavy (non-hydrogen) atoms. The van der Waals surface area contributed by atoms with Gasteiger partial charge in [0, 0.05) is 13.1 Å². The van der Waals surface area contributed by atoms with E-state index in [0.717, 1.165) is 31.7 Å². The summed E-state index contributed by atoms with van der Waals surface area (Å²) in [4.78, 5) is 11.6. The molecule has 1 unspecified atom stereocenters. The number of hydrogen-bond donors (Lipinski definition) is 2. The molecule has 1 aliphatic carbocycles. The monoisotopic (exact) mass is 198 g/mol. The summed E-state index contributed by atoms with van der Waals surface area (Å²) in [6.45, 7) is 3.40. The van der Waals surface area contributed by atoms with Crippen molar-refractivity contribution in [2.75, 3.05) is 13.1 Å². The molecule has 0 aliphatic heterocycles. The Labute approximate surface area is 86.4 Å². The van der Waals surface area contributed by atoms with Gasteiger partial charge in [-0.05, 0) is 18.8 Å². The molecular formula is C11H22N2O. The smallest absolute Gasteiger partial charge is 0.224 e. The SMILES string of the molecule is CCCC(CN)C(=O)NCCC1CC1. The van der Waals surface area contributed by atoms with Gasteiger partial charge in [0.1, 0.15) is 0 Å². The molecule has 1 rings (SSSR count). The highest BCUT2D eigenvalue weighted by Gasteiger charge is 2.21. The summed E-state index contributed by atoms with van der Waals surface area (Å²) >= 11 is 0. The third-order valence-corrected chi connectivity index (χ3v) is 2.84. The fraction of sp³-hybridized carbons (Fsp3) is 0.909. The van der Waals surface area contributed by atoms with E-state index in [1.807, 2.05) is 0 Å². The van der Waals surface area contributed by atoms with Gasteiger partial charge in [0.15, 0.2) is 0 Å². The van der Waals surface area contributed by atoms with E-state index in [2.05, 4.69) is 12.2 Å². The van der Waals surface area contributed by atoms with Crippen molar-refractivity contribution in [3.63, 3.8) is 0 Å². The van der Waals surface area contributed by atoms with Crippen molar-refractivity contribution in [3.8, 4) is 0 Å². The molecule has 0 aromatic carbocycles. The summed E-state index contributed by atoms with van der Waals surface area (Å²) in [5.41, 5.74) is 5.54. The summed E-state index contributed by atoms with van der Waals surface area (Å²) in [7, 11) is 0. The first-order valence-corrected chi connectivity index (χ1v) is 5.75. The average molecular weight is 198 g/mol. The zero-order valence-corrected chi connectivity index (χ0v) is 9.09. The fourth-order valence-electron chi connectivity index (χ4n) is 1.65. The summed E-state index contributed by atoms with van der Waals surface area (Å²) < 4.78 is 0. The summed E-state index contributed by atoms with van der Waals surface area (Å²) in [5.74, 6) is 1.06. The molecule has 0 aromatic heterocycles. The number of carbonyl (C=O) groups excluding carboxylic acids is 1. The van der Waals surface area contributed by atoms with Gasteiger partial charge in [-0.3, -0.25) is 4.79 Å². The van der Waals surface area contributed by atoms with Crippen molar-refractivity contribution >= 4 is 5.91 Å². The van der Waals surface area contributed by atoms with Crippen LogP contribution in [0.3, 0.4) is 0 Å². The lowest BCUT2D eigenvalue weighted by atomic mass is 10.0. The lowest BCUT2D eigenvalue weighted by molar-refractivity contribution is -0.124. The maximum Gasteiger partial charge on any atom is 0.224 e. The van der Waals surface area contributed by atoms with Gasteiger partial charge in [0.25, 0.3) is 0 Å². The zero-order valence-electron chi connectivity index (χ0n) is 9.09. The topological polar surface area (TPSA) is 55.1 Å². The highest BCUT2D eigenvalue weighted by Crippen LogP contribution is 2.31. The lowest BCUT2D eigenvalue weighted by Gasteiger charge is -2.13. The van der Waals surface area contributed by atoms with Gasteiger partial charge < -0.3 is 11.1 Å². The van der Waals surface area contributed by atoms with Crippen LogP contribution in [0.25, 0.3) is 0 Å². The largest absolute Gasteiger partial charge is 0.356 e. The van der Waals surface area contributed by atoms with E-state index in [1.165, 1.54) is 12.8 Å². The molecular weight excluding hydrogens is 176 g/mol. The molecule has 1 amide bonds. The van der Waals surface area contributed by atoms with Crippen LogP contribution < -0.4 is 11.1 Å². The average Bonchev–Trinajstić information content (AvgIpc) is 2.97. The maximum atomic E-state index is 11.6. The third kappa shape index (κ3) is 4.09. The summed E-state index contributed by atoms with van der Waals surface area (Å²) in [6, 6.07) is 0. The molecule has 0 saturated heterocycles. The van der Waals surface area contributed by atoms with Gasteiger partial charge in [-0.15, -0.1) is 0 Å². The Hall–Kier alpha value is -0.570. The van der Waals surface area contributed by atoms with E-state index in [9.17, 15) is 4.79 Å². The van der Waals surface area contributed by atoms with Crippen LogP contribution in [0.2, 0.25) is 0 Å². The Morgan fingerprint density at radius 1 is 1.57 bits per heavy atom. The molecule has 1 atom stereocenters. The Kier molecular flexibility index (Phi) is 4.94. The van der Waals surface area contributed by atoms with Crippen molar-refractivity contribution in [1.82, 2.24) is 5.32 Å². The number of nitrogens with two attached hydrogens (primary N) is 1. The molecule has 0 spiro atoms. The summed E-state index contributed by atoms with van der Waals surface area (Å²) in [5, 5.41) is 2.97. The molecule has 3 nitrogen and oxygen atoms in total. The Balaban J connectivity index is 2.09. The number of nitrogens with one attached hydrogen (secondary N) is 1. The number of carbonyl (C=O) groups is 1. The minimum absolute atomic E-state index is 0.0270. The number of amides is 1. The second-order valence-electron chi connectivity index (χ2n) is 4.24. The Morgan fingerprint density at radius 3 is 2.79 bits per heavy atom. The van der Waals surface area contributed by atoms with Gasteiger partial charge in [-0.25, -0.2) is 0 Å². The number of rotatable bonds is 7. The maximum absolute atomic E-state index is 11.6. The van der Waals surface area contributed by atoms with E-state index >= 15 is 0 Å². The second kappa shape index (κ2) is 6.02. The van der Waals surface area contributed by atoms with Crippen LogP contribution in [0.1, 0.15) is 39.0 Å². The van der Waals surface area contributed by atoms with Crippen LogP contribution in [0, 0.1) is 11.8 Å². The molecule has 0 bridgehead atoms. The normalized spacial score (nSPS) is 17.9. The van der Waals surface area contributed by atoms with Crippen LogP contribution in [0.5, 0.6) is 0 Å². The third-order valence-electron chi connectivity index (χ3n) is 2.84. The predicted octanol–water partition coefficient (Wildman–Crippen LogP) is 1.28. The van der Waals surface area contributed by atoms with E-state index < -0.39 is 0 Å². The highest BCUT2D eigenvalue weighted by atomic mass is 16.1. The second-order valence-corrected chi connectivity index (χ2v) is 4.24. The molecule has 1 saturated carbocycles. The van der Waals surface area contributed by atoms with Gasteiger partial charge in [-0.2, -0.15) is 0 Å². The van der Waals surface area contributed by atoms with E-state index in [-0.39, 0.29) is 11.8 Å². The van der Waals surface area contributed by atoms with Gasteiger partial charge in [0.2, 0.25) is 5.91 Å². The van der Waals surface area contributed by atoms with Crippen molar-refractivity contribution in [2.24, 2.45) is 17.6 Å². The van der Waals surface area contributed by atoms with E-state index in [0.29, 0.717) is 6.54 Å². The van der Waals surface area contributed by atoms with Crippen LogP contribution >= 0.6 is 0 Å². The minimum atomic E-state index is 0.0270. The van der Waals surface area contributed by atoms with Crippen molar-refractivity contribution < 1.29 is 4.79 Å². The molecule has 0 heterocycles. The lowest BCUT2D eigenvalue weighted by Crippen LogP contribution is -2.35. The first-order valence-electron chi connectivity index (χ1n) is 5.75. The minimum Gasteiger partial charge on any atom is -0.356 e. The van der Waals surface area contributed by atoms with Gasteiger partial charge in [-0.1, -0.05) is 26.2 Å². The predicted molar refractivity (Wildman–Crippen MR) is 57.8 cm³/mol. The van der Waals surface area contributed by atoms with Crippen molar-refractivity contribution in [1.29, 1.82) is 0 Å². The fourth-order valence-corrected chi connectivity index (χ4v) is 1.65. The molecule has 1 fully saturated rings. The Morgan fingerprint density at radius 2 is 2.29 bits per heavy atom. The van der Waals surface area contributed by atoms with Crippen molar-refractivity contribution in [2.45, 2.75) is 39.0 Å².